The Morgan fingerprint density at radius 3 is 2.25 bits per heavy atom. The van der Waals surface area contributed by atoms with E-state index in [-0.39, 0.29) is 5.75 Å². The Balaban J connectivity index is 2.91. The van der Waals surface area contributed by atoms with E-state index in [1.165, 1.54) is 26.2 Å². The molecular formula is C12H12F5NO2. The first-order valence-electron chi connectivity index (χ1n) is 5.49. The molecule has 3 nitrogen and oxygen atoms in total. The SMILES string of the molecule is COc1ccccc1[C@@H](C)NC(=O)C(F)(F)C(F)(F)F. The number of amides is 1. The van der Waals surface area contributed by atoms with Crippen LogP contribution in [0, 0.1) is 0 Å². The minimum atomic E-state index is -5.93. The van der Waals surface area contributed by atoms with Crippen molar-refractivity contribution in [1.82, 2.24) is 5.32 Å². The molecule has 0 heterocycles. The molecule has 1 aromatic rings. The highest BCUT2D eigenvalue weighted by Crippen LogP contribution is 2.36. The largest absolute Gasteiger partial charge is 0.496 e. The summed E-state index contributed by atoms with van der Waals surface area (Å²) in [5, 5.41) is 1.63. The van der Waals surface area contributed by atoms with E-state index in [9.17, 15) is 26.7 Å². The molecule has 1 aromatic carbocycles. The molecule has 0 aromatic heterocycles. The van der Waals surface area contributed by atoms with Crippen LogP contribution in [0.5, 0.6) is 5.75 Å². The summed E-state index contributed by atoms with van der Waals surface area (Å²) in [4.78, 5) is 11.1. The smallest absolute Gasteiger partial charge is 0.463 e. The number of methoxy groups -OCH3 is 1. The molecule has 0 bridgehead atoms. The third-order valence-corrected chi connectivity index (χ3v) is 2.59. The third kappa shape index (κ3) is 3.17. The zero-order valence-corrected chi connectivity index (χ0v) is 10.6. The van der Waals surface area contributed by atoms with Crippen LogP contribution >= 0.6 is 0 Å². The number of carbonyl (C=O) groups excluding carboxylic acids is 1. The number of halogens is 5. The Labute approximate surface area is 111 Å². The van der Waals surface area contributed by atoms with Gasteiger partial charge in [0.15, 0.2) is 0 Å². The lowest BCUT2D eigenvalue weighted by molar-refractivity contribution is -0.270. The highest BCUT2D eigenvalue weighted by molar-refractivity contribution is 5.84. The predicted molar refractivity (Wildman–Crippen MR) is 60.6 cm³/mol. The zero-order chi connectivity index (χ0) is 15.6. The van der Waals surface area contributed by atoms with Gasteiger partial charge in [-0.1, -0.05) is 18.2 Å². The van der Waals surface area contributed by atoms with Crippen molar-refractivity contribution < 1.29 is 31.5 Å². The molecule has 0 fully saturated rings. The molecule has 1 rings (SSSR count). The number of carbonyl (C=O) groups is 1. The van der Waals surface area contributed by atoms with E-state index >= 15 is 0 Å². The van der Waals surface area contributed by atoms with Gasteiger partial charge in [-0.15, -0.1) is 0 Å². The molecule has 20 heavy (non-hydrogen) atoms. The van der Waals surface area contributed by atoms with E-state index in [1.54, 1.807) is 17.4 Å². The molecule has 0 spiro atoms. The van der Waals surface area contributed by atoms with Gasteiger partial charge in [-0.25, -0.2) is 0 Å². The van der Waals surface area contributed by atoms with Gasteiger partial charge in [0.1, 0.15) is 5.75 Å². The maximum atomic E-state index is 12.8. The summed E-state index contributed by atoms with van der Waals surface area (Å²) < 4.78 is 66.7. The Hall–Kier alpha value is -1.86. The number of hydrogen-bond donors (Lipinski definition) is 1. The Bertz CT molecular complexity index is 487. The number of hydrogen-bond acceptors (Lipinski definition) is 2. The molecule has 0 saturated carbocycles. The van der Waals surface area contributed by atoms with Crippen molar-refractivity contribution in [2.24, 2.45) is 0 Å². The number of rotatable bonds is 4. The van der Waals surface area contributed by atoms with Crippen molar-refractivity contribution in [2.45, 2.75) is 25.1 Å². The average Bonchev–Trinajstić information content (AvgIpc) is 2.37. The van der Waals surface area contributed by atoms with Crippen LogP contribution in [-0.2, 0) is 4.79 Å². The van der Waals surface area contributed by atoms with Crippen LogP contribution in [0.25, 0.3) is 0 Å². The molecule has 0 aliphatic heterocycles. The quantitative estimate of drug-likeness (QED) is 0.867. The summed E-state index contributed by atoms with van der Waals surface area (Å²) in [7, 11) is 1.32. The molecule has 0 aliphatic rings. The van der Waals surface area contributed by atoms with Gasteiger partial charge < -0.3 is 10.1 Å². The molecule has 0 radical (unpaired) electrons. The second kappa shape index (κ2) is 5.64. The zero-order valence-electron chi connectivity index (χ0n) is 10.6. The van der Waals surface area contributed by atoms with E-state index in [0.717, 1.165) is 0 Å². The average molecular weight is 297 g/mol. The standard InChI is InChI=1S/C12H12F5NO2/c1-7(8-5-3-4-6-9(8)20-2)18-10(19)11(13,14)12(15,16)17/h3-7H,1-2H3,(H,18,19)/t7-/m1/s1. The summed E-state index contributed by atoms with van der Waals surface area (Å²) in [6.45, 7) is 1.28. The van der Waals surface area contributed by atoms with Gasteiger partial charge in [0.05, 0.1) is 13.2 Å². The number of nitrogens with one attached hydrogen (secondary N) is 1. The summed E-state index contributed by atoms with van der Waals surface area (Å²) in [6, 6.07) is 5.03. The summed E-state index contributed by atoms with van der Waals surface area (Å²) in [5.74, 6) is -7.57. The van der Waals surface area contributed by atoms with E-state index in [1.807, 2.05) is 0 Å². The maximum absolute atomic E-state index is 12.8. The molecule has 0 aliphatic carbocycles. The highest BCUT2D eigenvalue weighted by Gasteiger charge is 2.63. The van der Waals surface area contributed by atoms with Crippen molar-refractivity contribution in [3.8, 4) is 5.75 Å². The minimum Gasteiger partial charge on any atom is -0.496 e. The van der Waals surface area contributed by atoms with Crippen molar-refractivity contribution in [3.05, 3.63) is 29.8 Å². The fourth-order valence-corrected chi connectivity index (χ4v) is 1.52. The van der Waals surface area contributed by atoms with Gasteiger partial charge >= 0.3 is 18.0 Å². The van der Waals surface area contributed by atoms with Crippen LogP contribution in [0.4, 0.5) is 22.0 Å². The van der Waals surface area contributed by atoms with Crippen molar-refractivity contribution in [1.29, 1.82) is 0 Å². The maximum Gasteiger partial charge on any atom is 0.463 e. The van der Waals surface area contributed by atoms with Gasteiger partial charge in [0.25, 0.3) is 0 Å². The van der Waals surface area contributed by atoms with Gasteiger partial charge in [0.2, 0.25) is 0 Å². The molecule has 8 heteroatoms. The first kappa shape index (κ1) is 16.2. The van der Waals surface area contributed by atoms with Crippen LogP contribution in [-0.4, -0.2) is 25.1 Å². The van der Waals surface area contributed by atoms with Crippen LogP contribution in [0.3, 0.4) is 0 Å². The topological polar surface area (TPSA) is 38.3 Å². The van der Waals surface area contributed by atoms with Crippen LogP contribution in [0.1, 0.15) is 18.5 Å². The molecule has 1 N–H and O–H groups in total. The van der Waals surface area contributed by atoms with Gasteiger partial charge in [-0.3, -0.25) is 4.79 Å². The van der Waals surface area contributed by atoms with Crippen molar-refractivity contribution >= 4 is 5.91 Å². The highest BCUT2D eigenvalue weighted by atomic mass is 19.4. The normalized spacial score (nSPS) is 13.8. The van der Waals surface area contributed by atoms with Gasteiger partial charge in [-0.05, 0) is 13.0 Å². The summed E-state index contributed by atoms with van der Waals surface area (Å²) >= 11 is 0. The first-order valence-corrected chi connectivity index (χ1v) is 5.49. The summed E-state index contributed by atoms with van der Waals surface area (Å²) in [5.41, 5.74) is 0.293. The van der Waals surface area contributed by atoms with E-state index in [4.69, 9.17) is 4.74 Å². The minimum absolute atomic E-state index is 0.274. The first-order chi connectivity index (χ1) is 9.11. The van der Waals surface area contributed by atoms with E-state index in [2.05, 4.69) is 0 Å². The van der Waals surface area contributed by atoms with Crippen LogP contribution in [0.2, 0.25) is 0 Å². The Morgan fingerprint density at radius 2 is 1.75 bits per heavy atom. The molecule has 1 amide bonds. The second-order valence-corrected chi connectivity index (χ2v) is 4.01. The van der Waals surface area contributed by atoms with E-state index in [0.29, 0.717) is 5.56 Å². The Kier molecular flexibility index (Phi) is 4.57. The monoisotopic (exact) mass is 297 g/mol. The lowest BCUT2D eigenvalue weighted by Crippen LogP contribution is -2.50. The molecule has 0 saturated heterocycles. The third-order valence-electron chi connectivity index (χ3n) is 2.59. The predicted octanol–water partition coefficient (Wildman–Crippen LogP) is 3.07. The number of alkyl halides is 5. The second-order valence-electron chi connectivity index (χ2n) is 4.01. The Morgan fingerprint density at radius 1 is 1.20 bits per heavy atom. The lowest BCUT2D eigenvalue weighted by atomic mass is 10.1. The molecule has 0 unspecified atom stereocenters. The van der Waals surface area contributed by atoms with Crippen molar-refractivity contribution in [3.63, 3.8) is 0 Å². The molecule has 112 valence electrons. The molecular weight excluding hydrogens is 285 g/mol. The van der Waals surface area contributed by atoms with Crippen molar-refractivity contribution in [2.75, 3.05) is 7.11 Å². The van der Waals surface area contributed by atoms with Crippen LogP contribution < -0.4 is 10.1 Å². The van der Waals surface area contributed by atoms with Crippen LogP contribution in [0.15, 0.2) is 24.3 Å². The fourth-order valence-electron chi connectivity index (χ4n) is 1.52. The van der Waals surface area contributed by atoms with E-state index < -0.39 is 24.0 Å². The lowest BCUT2D eigenvalue weighted by Gasteiger charge is -2.22. The van der Waals surface area contributed by atoms with Gasteiger partial charge in [0, 0.05) is 5.56 Å². The fraction of sp³-hybridized carbons (Fsp3) is 0.417. The molecule has 1 atom stereocenters. The number of benzene rings is 1. The number of para-hydroxylation sites is 1. The van der Waals surface area contributed by atoms with Gasteiger partial charge in [-0.2, -0.15) is 22.0 Å². The number of ether oxygens (including phenoxy) is 1. The summed E-state index contributed by atoms with van der Waals surface area (Å²) in [6.07, 6.45) is -5.93.